The molecule has 4 heterocycles. The van der Waals surface area contributed by atoms with Crippen molar-refractivity contribution >= 4 is 87.2 Å². The number of para-hydroxylation sites is 3. The van der Waals surface area contributed by atoms with Crippen molar-refractivity contribution in [1.29, 1.82) is 0 Å². The molecule has 0 aliphatic carbocycles. The molecule has 0 unspecified atom stereocenters. The van der Waals surface area contributed by atoms with Crippen LogP contribution in [-0.2, 0) is 0 Å². The van der Waals surface area contributed by atoms with Crippen LogP contribution < -0.4 is 0 Å². The molecule has 13 aromatic rings. The number of benzene rings is 9. The Hall–Kier alpha value is -8.09. The molecule has 59 heavy (non-hydrogen) atoms. The van der Waals surface area contributed by atoms with E-state index < -0.39 is 0 Å². The normalized spacial score (nSPS) is 12.1. The monoisotopic (exact) mass is 754 g/mol. The van der Waals surface area contributed by atoms with Crippen molar-refractivity contribution in [2.24, 2.45) is 0 Å². The van der Waals surface area contributed by atoms with Gasteiger partial charge in [0.2, 0.25) is 0 Å². The van der Waals surface area contributed by atoms with Crippen molar-refractivity contribution in [3.63, 3.8) is 0 Å². The molecule has 0 atom stereocenters. The molecule has 0 spiro atoms. The van der Waals surface area contributed by atoms with Crippen molar-refractivity contribution in [2.75, 3.05) is 0 Å². The summed E-state index contributed by atoms with van der Waals surface area (Å²) in [6.45, 7) is 0. The lowest BCUT2D eigenvalue weighted by molar-refractivity contribution is 0.666. The third-order valence-electron chi connectivity index (χ3n) is 11.8. The Bertz CT molecular complexity index is 3870. The van der Waals surface area contributed by atoms with E-state index in [0.717, 1.165) is 88.1 Å². The molecule has 0 saturated carbocycles. The van der Waals surface area contributed by atoms with E-state index in [1.807, 2.05) is 42.5 Å². The maximum Gasteiger partial charge on any atom is 0.164 e. The highest BCUT2D eigenvalue weighted by atomic mass is 16.3. The number of nitrogens with zero attached hydrogens (tertiary/aromatic N) is 4. The zero-order valence-electron chi connectivity index (χ0n) is 31.4. The zero-order valence-corrected chi connectivity index (χ0v) is 31.4. The van der Waals surface area contributed by atoms with E-state index in [1.165, 1.54) is 21.5 Å². The summed E-state index contributed by atoms with van der Waals surface area (Å²) in [5.74, 6) is 1.70. The van der Waals surface area contributed by atoms with Crippen LogP contribution in [0.3, 0.4) is 0 Å². The molecule has 0 fully saturated rings. The predicted molar refractivity (Wildman–Crippen MR) is 240 cm³/mol. The standard InChI is InChI=1S/C53H30N4O2/c1-2-13-32-28-35(25-24-31(32)12-1)51-54-52(39-19-11-23-47-48(39)37-17-6-9-21-45(37)58-47)56-53(55-51)40-26-27-43(50-49(40)38-18-7-10-22-46(38)59-50)57-42-20-8-5-16-36(42)41-29-33-14-3-4-15-34(33)30-44(41)57/h1-30H. The van der Waals surface area contributed by atoms with Crippen LogP contribution in [0.2, 0.25) is 0 Å². The van der Waals surface area contributed by atoms with Crippen LogP contribution in [0, 0.1) is 0 Å². The van der Waals surface area contributed by atoms with Crippen molar-refractivity contribution in [2.45, 2.75) is 0 Å². The minimum atomic E-state index is 0.555. The van der Waals surface area contributed by atoms with Gasteiger partial charge in [-0.2, -0.15) is 0 Å². The molecule has 0 saturated heterocycles. The SMILES string of the molecule is c1ccc2cc(-c3nc(-c4cccc5oc6ccccc6c45)nc(-c4ccc(-n5c6ccccc6c6cc7ccccc7cc65)c5oc6ccccc6c45)n3)ccc2c1. The average Bonchev–Trinajstić information content (AvgIpc) is 3.98. The van der Waals surface area contributed by atoms with Crippen molar-refractivity contribution in [3.05, 3.63) is 182 Å². The minimum Gasteiger partial charge on any atom is -0.456 e. The first-order valence-corrected chi connectivity index (χ1v) is 19.8. The third-order valence-corrected chi connectivity index (χ3v) is 11.8. The lowest BCUT2D eigenvalue weighted by Gasteiger charge is -2.13. The first kappa shape index (κ1) is 32.0. The molecule has 6 heteroatoms. The van der Waals surface area contributed by atoms with Gasteiger partial charge in [-0.3, -0.25) is 0 Å². The predicted octanol–water partition coefficient (Wildman–Crippen LogP) is 14.1. The van der Waals surface area contributed by atoms with Gasteiger partial charge in [-0.15, -0.1) is 0 Å². The third kappa shape index (κ3) is 4.77. The highest BCUT2D eigenvalue weighted by molar-refractivity contribution is 6.18. The van der Waals surface area contributed by atoms with Gasteiger partial charge in [-0.05, 0) is 76.1 Å². The summed E-state index contributed by atoms with van der Waals surface area (Å²) in [5.41, 5.74) is 8.95. The number of fused-ring (bicyclic) bond motifs is 11. The highest BCUT2D eigenvalue weighted by Crippen LogP contribution is 2.44. The topological polar surface area (TPSA) is 69.9 Å². The first-order valence-electron chi connectivity index (χ1n) is 19.8. The molecule has 0 amide bonds. The van der Waals surface area contributed by atoms with E-state index in [0.29, 0.717) is 17.5 Å². The van der Waals surface area contributed by atoms with Gasteiger partial charge in [0.15, 0.2) is 23.1 Å². The molecule has 6 nitrogen and oxygen atoms in total. The summed E-state index contributed by atoms with van der Waals surface area (Å²) in [5, 5.41) is 10.9. The molecule has 274 valence electrons. The van der Waals surface area contributed by atoms with Crippen LogP contribution >= 0.6 is 0 Å². The second-order valence-corrected chi connectivity index (χ2v) is 15.1. The van der Waals surface area contributed by atoms with Gasteiger partial charge < -0.3 is 13.4 Å². The molecule has 0 bridgehead atoms. The van der Waals surface area contributed by atoms with E-state index >= 15 is 0 Å². The van der Waals surface area contributed by atoms with Crippen molar-refractivity contribution in [3.8, 4) is 39.9 Å². The summed E-state index contributed by atoms with van der Waals surface area (Å²) in [4.78, 5) is 15.9. The van der Waals surface area contributed by atoms with Crippen LogP contribution in [0.1, 0.15) is 0 Å². The number of aromatic nitrogens is 4. The van der Waals surface area contributed by atoms with Gasteiger partial charge in [-0.1, -0.05) is 127 Å². The summed E-state index contributed by atoms with van der Waals surface area (Å²) < 4.78 is 15.6. The largest absolute Gasteiger partial charge is 0.456 e. The number of hydrogen-bond donors (Lipinski definition) is 0. The average molecular weight is 755 g/mol. The summed E-state index contributed by atoms with van der Waals surface area (Å²) in [7, 11) is 0. The van der Waals surface area contributed by atoms with Gasteiger partial charge in [0.05, 0.1) is 16.7 Å². The number of hydrogen-bond acceptors (Lipinski definition) is 5. The zero-order chi connectivity index (χ0) is 38.6. The van der Waals surface area contributed by atoms with Crippen molar-refractivity contribution in [1.82, 2.24) is 19.5 Å². The van der Waals surface area contributed by atoms with Gasteiger partial charge in [0.1, 0.15) is 16.7 Å². The van der Waals surface area contributed by atoms with Crippen LogP contribution in [0.4, 0.5) is 0 Å². The summed E-state index contributed by atoms with van der Waals surface area (Å²) in [6.07, 6.45) is 0. The maximum atomic E-state index is 6.92. The van der Waals surface area contributed by atoms with Crippen LogP contribution in [0.15, 0.2) is 191 Å². The Balaban J connectivity index is 1.12. The molecule has 0 aliphatic rings. The number of rotatable bonds is 4. The molecular weight excluding hydrogens is 725 g/mol. The van der Waals surface area contributed by atoms with Gasteiger partial charge in [-0.25, -0.2) is 15.0 Å². The maximum absolute atomic E-state index is 6.92. The second-order valence-electron chi connectivity index (χ2n) is 15.1. The lowest BCUT2D eigenvalue weighted by Crippen LogP contribution is -2.01. The summed E-state index contributed by atoms with van der Waals surface area (Å²) in [6, 6.07) is 63.2. The van der Waals surface area contributed by atoms with Crippen LogP contribution in [0.25, 0.3) is 127 Å². The Morgan fingerprint density at radius 1 is 0.356 bits per heavy atom. The molecule has 9 aromatic carbocycles. The first-order chi connectivity index (χ1) is 29.2. The Morgan fingerprint density at radius 3 is 1.75 bits per heavy atom. The molecular formula is C53H30N4O2. The summed E-state index contributed by atoms with van der Waals surface area (Å²) >= 11 is 0. The molecule has 0 N–H and O–H groups in total. The molecule has 0 radical (unpaired) electrons. The van der Waals surface area contributed by atoms with Gasteiger partial charge >= 0.3 is 0 Å². The number of furan rings is 2. The second kappa shape index (κ2) is 12.2. The lowest BCUT2D eigenvalue weighted by atomic mass is 10.0. The van der Waals surface area contributed by atoms with Crippen LogP contribution in [-0.4, -0.2) is 19.5 Å². The van der Waals surface area contributed by atoms with E-state index in [4.69, 9.17) is 23.8 Å². The fraction of sp³-hybridized carbons (Fsp3) is 0. The Labute approximate surface area is 336 Å². The smallest absolute Gasteiger partial charge is 0.164 e. The molecule has 4 aromatic heterocycles. The van der Waals surface area contributed by atoms with Crippen molar-refractivity contribution < 1.29 is 8.83 Å². The van der Waals surface area contributed by atoms with E-state index in [-0.39, 0.29) is 0 Å². The minimum absolute atomic E-state index is 0.555. The van der Waals surface area contributed by atoms with Gasteiger partial charge in [0, 0.05) is 49.0 Å². The Kier molecular flexibility index (Phi) is 6.63. The molecule has 13 rings (SSSR count). The Morgan fingerprint density at radius 2 is 0.949 bits per heavy atom. The van der Waals surface area contributed by atoms with E-state index in [2.05, 4.69) is 144 Å². The fourth-order valence-electron chi connectivity index (χ4n) is 9.13. The van der Waals surface area contributed by atoms with E-state index in [1.54, 1.807) is 0 Å². The van der Waals surface area contributed by atoms with Crippen LogP contribution in [0.5, 0.6) is 0 Å². The fourth-order valence-corrected chi connectivity index (χ4v) is 9.13. The quantitative estimate of drug-likeness (QED) is 0.179. The van der Waals surface area contributed by atoms with Gasteiger partial charge in [0.25, 0.3) is 0 Å². The molecule has 0 aliphatic heterocycles. The highest BCUT2D eigenvalue weighted by Gasteiger charge is 2.24. The van der Waals surface area contributed by atoms with E-state index in [9.17, 15) is 0 Å².